The van der Waals surface area contributed by atoms with Crippen LogP contribution in [0.25, 0.3) is 0 Å². The number of benzene rings is 1. The molecular formula is C17H28FNO2. The molecule has 0 aliphatic carbocycles. The molecule has 0 aliphatic heterocycles. The van der Waals surface area contributed by atoms with Gasteiger partial charge >= 0.3 is 0 Å². The first-order chi connectivity index (χ1) is 10.00. The first-order valence-corrected chi connectivity index (χ1v) is 7.77. The Bertz CT molecular complexity index is 442. The van der Waals surface area contributed by atoms with Crippen LogP contribution in [0.5, 0.6) is 5.75 Å². The summed E-state index contributed by atoms with van der Waals surface area (Å²) in [6.45, 7) is 9.89. The minimum atomic E-state index is -0.863. The van der Waals surface area contributed by atoms with Gasteiger partial charge in [-0.2, -0.15) is 0 Å². The molecule has 1 N–H and O–H groups in total. The molecule has 0 spiro atoms. The lowest BCUT2D eigenvalue weighted by Gasteiger charge is -2.46. The molecule has 21 heavy (non-hydrogen) atoms. The van der Waals surface area contributed by atoms with Crippen LogP contribution < -0.4 is 4.74 Å². The molecule has 0 radical (unpaired) electrons. The van der Waals surface area contributed by atoms with E-state index in [9.17, 15) is 9.50 Å². The minimum Gasteiger partial charge on any atom is -0.497 e. The summed E-state index contributed by atoms with van der Waals surface area (Å²) < 4.78 is 19.3. The van der Waals surface area contributed by atoms with E-state index in [4.69, 9.17) is 4.74 Å². The number of aliphatic hydroxyl groups excluding tert-OH is 1. The van der Waals surface area contributed by atoms with Gasteiger partial charge in [0, 0.05) is 11.6 Å². The molecule has 4 heteroatoms. The Morgan fingerprint density at radius 1 is 1.19 bits per heavy atom. The van der Waals surface area contributed by atoms with Crippen LogP contribution in [0.1, 0.15) is 52.2 Å². The van der Waals surface area contributed by atoms with Gasteiger partial charge in [-0.05, 0) is 38.1 Å². The Balaban J connectivity index is 3.25. The van der Waals surface area contributed by atoms with Crippen molar-refractivity contribution in [3.8, 4) is 5.75 Å². The predicted octanol–water partition coefficient (Wildman–Crippen LogP) is 3.77. The molecule has 0 saturated carbocycles. The minimum absolute atomic E-state index is 0.339. The summed E-state index contributed by atoms with van der Waals surface area (Å²) in [6, 6.07) is 4.65. The van der Waals surface area contributed by atoms with E-state index in [1.54, 1.807) is 12.1 Å². The molecule has 1 unspecified atom stereocenters. The number of methoxy groups -OCH3 is 1. The molecule has 1 aromatic rings. The average molecular weight is 297 g/mol. The van der Waals surface area contributed by atoms with Gasteiger partial charge in [0.2, 0.25) is 0 Å². The maximum absolute atomic E-state index is 14.3. The molecule has 0 aliphatic rings. The molecular weight excluding hydrogens is 269 g/mol. The zero-order chi connectivity index (χ0) is 16.0. The SMILES string of the molecule is CCN(CC)C(CC)(CC)C(O)c1ccc(OC)cc1F. The van der Waals surface area contributed by atoms with Crippen LogP contribution in [-0.4, -0.2) is 35.7 Å². The number of rotatable bonds is 8. The fourth-order valence-electron chi connectivity index (χ4n) is 3.26. The zero-order valence-electron chi connectivity index (χ0n) is 13.8. The van der Waals surface area contributed by atoms with E-state index >= 15 is 0 Å². The average Bonchev–Trinajstić information content (AvgIpc) is 2.51. The number of hydrogen-bond acceptors (Lipinski definition) is 3. The van der Waals surface area contributed by atoms with Crippen LogP contribution in [0.3, 0.4) is 0 Å². The predicted molar refractivity (Wildman–Crippen MR) is 84.1 cm³/mol. The summed E-state index contributed by atoms with van der Waals surface area (Å²) in [4.78, 5) is 2.22. The Hall–Kier alpha value is -1.13. The van der Waals surface area contributed by atoms with E-state index in [-0.39, 0.29) is 0 Å². The molecule has 1 rings (SSSR count). The Kier molecular flexibility index (Phi) is 6.62. The van der Waals surface area contributed by atoms with E-state index in [1.165, 1.54) is 13.2 Å². The van der Waals surface area contributed by atoms with Crippen molar-refractivity contribution in [2.45, 2.75) is 52.2 Å². The second-order valence-electron chi connectivity index (χ2n) is 5.27. The van der Waals surface area contributed by atoms with Crippen LogP contribution in [0.4, 0.5) is 4.39 Å². The summed E-state index contributed by atoms with van der Waals surface area (Å²) >= 11 is 0. The van der Waals surface area contributed by atoms with Crippen LogP contribution >= 0.6 is 0 Å². The maximum atomic E-state index is 14.3. The lowest BCUT2D eigenvalue weighted by atomic mass is 9.80. The van der Waals surface area contributed by atoms with Crippen molar-refractivity contribution in [2.24, 2.45) is 0 Å². The third kappa shape index (κ3) is 3.38. The molecule has 0 amide bonds. The first kappa shape index (κ1) is 17.9. The topological polar surface area (TPSA) is 32.7 Å². The van der Waals surface area contributed by atoms with E-state index in [1.807, 2.05) is 13.8 Å². The summed E-state index contributed by atoms with van der Waals surface area (Å²) in [5, 5.41) is 10.9. The molecule has 1 aromatic carbocycles. The lowest BCUT2D eigenvalue weighted by molar-refractivity contribution is -0.0382. The van der Waals surface area contributed by atoms with Crippen molar-refractivity contribution in [2.75, 3.05) is 20.2 Å². The molecule has 0 saturated heterocycles. The Morgan fingerprint density at radius 2 is 1.76 bits per heavy atom. The lowest BCUT2D eigenvalue weighted by Crippen LogP contribution is -2.52. The number of nitrogens with zero attached hydrogens (tertiary/aromatic N) is 1. The molecule has 0 bridgehead atoms. The summed E-state index contributed by atoms with van der Waals surface area (Å²) in [5.74, 6) is 0.0465. The van der Waals surface area contributed by atoms with Gasteiger partial charge in [0.1, 0.15) is 17.7 Å². The molecule has 120 valence electrons. The smallest absolute Gasteiger partial charge is 0.132 e. The van der Waals surface area contributed by atoms with Gasteiger partial charge in [-0.1, -0.05) is 27.7 Å². The second kappa shape index (κ2) is 7.76. The fourth-order valence-corrected chi connectivity index (χ4v) is 3.26. The summed E-state index contributed by atoms with van der Waals surface area (Å²) in [5.41, 5.74) is -0.106. The molecule has 0 fully saturated rings. The number of ether oxygens (including phenoxy) is 1. The van der Waals surface area contributed by atoms with Crippen molar-refractivity contribution in [1.82, 2.24) is 4.90 Å². The van der Waals surface area contributed by atoms with Gasteiger partial charge in [-0.15, -0.1) is 0 Å². The third-order valence-corrected chi connectivity index (χ3v) is 4.63. The quantitative estimate of drug-likeness (QED) is 0.793. The van der Waals surface area contributed by atoms with Crippen LogP contribution in [-0.2, 0) is 0 Å². The molecule has 1 atom stereocenters. The van der Waals surface area contributed by atoms with Gasteiger partial charge in [-0.3, -0.25) is 4.90 Å². The maximum Gasteiger partial charge on any atom is 0.132 e. The highest BCUT2D eigenvalue weighted by Crippen LogP contribution is 2.38. The van der Waals surface area contributed by atoms with Crippen LogP contribution in [0, 0.1) is 5.82 Å². The first-order valence-electron chi connectivity index (χ1n) is 7.77. The monoisotopic (exact) mass is 297 g/mol. The van der Waals surface area contributed by atoms with Gasteiger partial charge < -0.3 is 9.84 Å². The highest BCUT2D eigenvalue weighted by molar-refractivity contribution is 5.32. The van der Waals surface area contributed by atoms with Gasteiger partial charge in [-0.25, -0.2) is 4.39 Å². The third-order valence-electron chi connectivity index (χ3n) is 4.63. The second-order valence-corrected chi connectivity index (χ2v) is 5.27. The molecule has 0 aromatic heterocycles. The van der Waals surface area contributed by atoms with Crippen molar-refractivity contribution >= 4 is 0 Å². The van der Waals surface area contributed by atoms with Crippen molar-refractivity contribution < 1.29 is 14.2 Å². The van der Waals surface area contributed by atoms with Gasteiger partial charge in [0.25, 0.3) is 0 Å². The van der Waals surface area contributed by atoms with Crippen LogP contribution in [0.15, 0.2) is 18.2 Å². The zero-order valence-corrected chi connectivity index (χ0v) is 13.8. The van der Waals surface area contributed by atoms with Crippen molar-refractivity contribution in [3.63, 3.8) is 0 Å². The molecule has 0 heterocycles. The fraction of sp³-hybridized carbons (Fsp3) is 0.647. The molecule has 3 nitrogen and oxygen atoms in total. The summed E-state index contributed by atoms with van der Waals surface area (Å²) in [7, 11) is 1.50. The number of hydrogen-bond donors (Lipinski definition) is 1. The van der Waals surface area contributed by atoms with E-state index < -0.39 is 17.5 Å². The number of halogens is 1. The number of aliphatic hydroxyl groups is 1. The van der Waals surface area contributed by atoms with Crippen LogP contribution in [0.2, 0.25) is 0 Å². The van der Waals surface area contributed by atoms with E-state index in [2.05, 4.69) is 18.7 Å². The van der Waals surface area contributed by atoms with E-state index in [0.717, 1.165) is 25.9 Å². The Morgan fingerprint density at radius 3 is 2.14 bits per heavy atom. The highest BCUT2D eigenvalue weighted by atomic mass is 19.1. The number of likely N-dealkylation sites (N-methyl/N-ethyl adjacent to an activating group) is 1. The van der Waals surface area contributed by atoms with Gasteiger partial charge in [0.15, 0.2) is 0 Å². The van der Waals surface area contributed by atoms with E-state index in [0.29, 0.717) is 11.3 Å². The standard InChI is InChI=1S/C17H28FNO2/c1-6-17(7-2,19(8-3)9-4)16(20)14-11-10-13(21-5)12-15(14)18/h10-12,16,20H,6-9H2,1-5H3. The summed E-state index contributed by atoms with van der Waals surface area (Å²) in [6.07, 6.45) is 0.661. The van der Waals surface area contributed by atoms with Gasteiger partial charge in [0.05, 0.1) is 12.6 Å². The highest BCUT2D eigenvalue weighted by Gasteiger charge is 2.40. The largest absolute Gasteiger partial charge is 0.497 e. The Labute approximate surface area is 127 Å². The van der Waals surface area contributed by atoms with Crippen molar-refractivity contribution in [1.29, 1.82) is 0 Å². The van der Waals surface area contributed by atoms with Crippen molar-refractivity contribution in [3.05, 3.63) is 29.6 Å². The normalized spacial score (nSPS) is 13.5.